The Morgan fingerprint density at radius 2 is 1.55 bits per heavy atom. The van der Waals surface area contributed by atoms with E-state index in [2.05, 4.69) is 5.32 Å². The zero-order valence-corrected chi connectivity index (χ0v) is 12.2. The van der Waals surface area contributed by atoms with Crippen LogP contribution >= 0.6 is 0 Å². The number of nitrogens with one attached hydrogen (secondary N) is 1. The molecule has 0 aliphatic carbocycles. The van der Waals surface area contributed by atoms with Crippen molar-refractivity contribution >= 4 is 17.8 Å². The van der Waals surface area contributed by atoms with Crippen molar-refractivity contribution in [2.45, 2.75) is 64.8 Å². The highest BCUT2D eigenvalue weighted by molar-refractivity contribution is 5.84. The average Bonchev–Trinajstić information content (AvgIpc) is 2.36. The van der Waals surface area contributed by atoms with Crippen molar-refractivity contribution in [1.29, 1.82) is 0 Å². The van der Waals surface area contributed by atoms with Crippen molar-refractivity contribution in [2.24, 2.45) is 5.92 Å². The molecule has 0 unspecified atom stereocenters. The van der Waals surface area contributed by atoms with E-state index in [0.29, 0.717) is 0 Å². The summed E-state index contributed by atoms with van der Waals surface area (Å²) in [6.07, 6.45) is 3.50. The van der Waals surface area contributed by atoms with Crippen molar-refractivity contribution in [1.82, 2.24) is 5.32 Å². The van der Waals surface area contributed by atoms with Gasteiger partial charge in [0, 0.05) is 12.3 Å². The van der Waals surface area contributed by atoms with E-state index in [0.717, 1.165) is 25.7 Å². The first kappa shape index (κ1) is 18.4. The van der Waals surface area contributed by atoms with E-state index in [1.165, 1.54) is 0 Å². The second kappa shape index (κ2) is 10.2. The highest BCUT2D eigenvalue weighted by Gasteiger charge is 2.24. The standard InChI is InChI=1S/C14H25NO5/c1-3-6-10(7-4-2)13(18)15-11(14(19)20)8-5-9-12(16)17/h10-11H,3-9H2,1-2H3,(H,15,18)(H,16,17)(H,19,20)/t11-/m1/s1. The molecule has 1 amide bonds. The molecule has 0 aromatic heterocycles. The summed E-state index contributed by atoms with van der Waals surface area (Å²) in [5.41, 5.74) is 0. The van der Waals surface area contributed by atoms with Gasteiger partial charge < -0.3 is 15.5 Å². The number of hydrogen-bond acceptors (Lipinski definition) is 3. The number of hydrogen-bond donors (Lipinski definition) is 3. The molecule has 0 aromatic rings. The second-order valence-corrected chi connectivity index (χ2v) is 4.96. The summed E-state index contributed by atoms with van der Waals surface area (Å²) in [4.78, 5) is 33.5. The Morgan fingerprint density at radius 1 is 1.00 bits per heavy atom. The van der Waals surface area contributed by atoms with E-state index < -0.39 is 18.0 Å². The molecular weight excluding hydrogens is 262 g/mol. The van der Waals surface area contributed by atoms with Crippen LogP contribution in [0, 0.1) is 5.92 Å². The number of amides is 1. The Balaban J connectivity index is 4.43. The molecule has 0 aliphatic rings. The lowest BCUT2D eigenvalue weighted by Crippen LogP contribution is -2.43. The number of carboxylic acid groups (broad SMARTS) is 2. The molecule has 0 bridgehead atoms. The fraction of sp³-hybridized carbons (Fsp3) is 0.786. The minimum atomic E-state index is -1.12. The molecule has 0 rings (SSSR count). The molecule has 3 N–H and O–H groups in total. The van der Waals surface area contributed by atoms with E-state index >= 15 is 0 Å². The highest BCUT2D eigenvalue weighted by Crippen LogP contribution is 2.14. The second-order valence-electron chi connectivity index (χ2n) is 4.96. The molecule has 6 heteroatoms. The molecular formula is C14H25NO5. The molecule has 116 valence electrons. The average molecular weight is 287 g/mol. The van der Waals surface area contributed by atoms with Gasteiger partial charge in [0.05, 0.1) is 0 Å². The summed E-state index contributed by atoms with van der Waals surface area (Å²) in [5, 5.41) is 20.1. The van der Waals surface area contributed by atoms with Crippen LogP contribution in [0.15, 0.2) is 0 Å². The lowest BCUT2D eigenvalue weighted by molar-refractivity contribution is -0.143. The maximum absolute atomic E-state index is 12.0. The third-order valence-electron chi connectivity index (χ3n) is 3.14. The van der Waals surface area contributed by atoms with E-state index in [1.54, 1.807) is 0 Å². The van der Waals surface area contributed by atoms with Gasteiger partial charge in [0.2, 0.25) is 5.91 Å². The van der Waals surface area contributed by atoms with Crippen LogP contribution in [-0.4, -0.2) is 34.1 Å². The van der Waals surface area contributed by atoms with Gasteiger partial charge in [-0.25, -0.2) is 4.79 Å². The van der Waals surface area contributed by atoms with Crippen LogP contribution in [0.2, 0.25) is 0 Å². The SMILES string of the molecule is CCCC(CCC)C(=O)N[C@H](CCCC(=O)O)C(=O)O. The quantitative estimate of drug-likeness (QED) is 0.539. The first-order valence-electron chi connectivity index (χ1n) is 7.17. The summed E-state index contributed by atoms with van der Waals surface area (Å²) in [6.45, 7) is 3.97. The Hall–Kier alpha value is -1.59. The summed E-state index contributed by atoms with van der Waals surface area (Å²) >= 11 is 0. The minimum absolute atomic E-state index is 0.0903. The molecule has 0 heterocycles. The summed E-state index contributed by atoms with van der Waals surface area (Å²) < 4.78 is 0. The number of rotatable bonds is 11. The fourth-order valence-corrected chi connectivity index (χ4v) is 2.11. The van der Waals surface area contributed by atoms with E-state index in [-0.39, 0.29) is 31.1 Å². The molecule has 0 saturated heterocycles. The van der Waals surface area contributed by atoms with Gasteiger partial charge in [0.15, 0.2) is 0 Å². The highest BCUT2D eigenvalue weighted by atomic mass is 16.4. The van der Waals surface area contributed by atoms with E-state index in [4.69, 9.17) is 10.2 Å². The first-order chi connectivity index (χ1) is 9.42. The largest absolute Gasteiger partial charge is 0.481 e. The van der Waals surface area contributed by atoms with Crippen molar-refractivity contribution in [3.8, 4) is 0 Å². The predicted molar refractivity (Wildman–Crippen MR) is 74.4 cm³/mol. The normalized spacial score (nSPS) is 12.2. The molecule has 0 aromatic carbocycles. The lowest BCUT2D eigenvalue weighted by Gasteiger charge is -2.19. The molecule has 0 spiro atoms. The van der Waals surface area contributed by atoms with Crippen LogP contribution in [0.4, 0.5) is 0 Å². The van der Waals surface area contributed by atoms with Gasteiger partial charge in [-0.05, 0) is 25.7 Å². The van der Waals surface area contributed by atoms with Gasteiger partial charge in [-0.3, -0.25) is 9.59 Å². The van der Waals surface area contributed by atoms with Crippen molar-refractivity contribution in [3.05, 3.63) is 0 Å². The summed E-state index contributed by atoms with van der Waals surface area (Å²) in [6, 6.07) is -1.00. The van der Waals surface area contributed by atoms with Gasteiger partial charge >= 0.3 is 11.9 Å². The topological polar surface area (TPSA) is 104 Å². The summed E-state index contributed by atoms with van der Waals surface area (Å²) in [5.74, 6) is -2.48. The Morgan fingerprint density at radius 3 is 1.95 bits per heavy atom. The van der Waals surface area contributed by atoms with Crippen molar-refractivity contribution in [2.75, 3.05) is 0 Å². The van der Waals surface area contributed by atoms with Crippen LogP contribution in [-0.2, 0) is 14.4 Å². The van der Waals surface area contributed by atoms with Crippen molar-refractivity contribution < 1.29 is 24.6 Å². The van der Waals surface area contributed by atoms with Gasteiger partial charge in [0.25, 0.3) is 0 Å². The Labute approximate surface area is 119 Å². The zero-order chi connectivity index (χ0) is 15.5. The number of carboxylic acids is 2. The Kier molecular flexibility index (Phi) is 9.41. The van der Waals surface area contributed by atoms with E-state index in [9.17, 15) is 14.4 Å². The Bertz CT molecular complexity index is 324. The molecule has 1 atom stereocenters. The first-order valence-corrected chi connectivity index (χ1v) is 7.17. The number of aliphatic carboxylic acids is 2. The molecule has 0 fully saturated rings. The third-order valence-corrected chi connectivity index (χ3v) is 3.14. The van der Waals surface area contributed by atoms with Crippen LogP contribution in [0.1, 0.15) is 58.8 Å². The minimum Gasteiger partial charge on any atom is -0.481 e. The van der Waals surface area contributed by atoms with Crippen LogP contribution in [0.5, 0.6) is 0 Å². The maximum Gasteiger partial charge on any atom is 0.326 e. The molecule has 0 saturated carbocycles. The van der Waals surface area contributed by atoms with Gasteiger partial charge in [-0.1, -0.05) is 26.7 Å². The van der Waals surface area contributed by atoms with E-state index in [1.807, 2.05) is 13.8 Å². The van der Waals surface area contributed by atoms with Crippen molar-refractivity contribution in [3.63, 3.8) is 0 Å². The fourth-order valence-electron chi connectivity index (χ4n) is 2.11. The van der Waals surface area contributed by atoms with Crippen LogP contribution < -0.4 is 5.32 Å². The predicted octanol–water partition coefficient (Wildman–Crippen LogP) is 2.03. The summed E-state index contributed by atoms with van der Waals surface area (Å²) in [7, 11) is 0. The van der Waals surface area contributed by atoms with Gasteiger partial charge in [-0.15, -0.1) is 0 Å². The number of carbonyl (C=O) groups is 3. The smallest absolute Gasteiger partial charge is 0.326 e. The number of carbonyl (C=O) groups excluding carboxylic acids is 1. The maximum atomic E-state index is 12.0. The molecule has 20 heavy (non-hydrogen) atoms. The monoisotopic (exact) mass is 287 g/mol. The lowest BCUT2D eigenvalue weighted by atomic mass is 9.96. The van der Waals surface area contributed by atoms with Crippen LogP contribution in [0.25, 0.3) is 0 Å². The van der Waals surface area contributed by atoms with Gasteiger partial charge in [-0.2, -0.15) is 0 Å². The molecule has 0 radical (unpaired) electrons. The van der Waals surface area contributed by atoms with Crippen LogP contribution in [0.3, 0.4) is 0 Å². The van der Waals surface area contributed by atoms with Gasteiger partial charge in [0.1, 0.15) is 6.04 Å². The molecule has 0 aliphatic heterocycles. The molecule has 6 nitrogen and oxygen atoms in total. The zero-order valence-electron chi connectivity index (χ0n) is 12.2. The third kappa shape index (κ3) is 7.76.